The van der Waals surface area contributed by atoms with Crippen LogP contribution < -0.4 is 10.5 Å². The molecule has 1 aliphatic rings. The van der Waals surface area contributed by atoms with E-state index in [0.29, 0.717) is 6.42 Å². The third-order valence-corrected chi connectivity index (χ3v) is 3.39. The van der Waals surface area contributed by atoms with Crippen LogP contribution in [0.25, 0.3) is 0 Å². The summed E-state index contributed by atoms with van der Waals surface area (Å²) < 4.78 is 5.17. The van der Waals surface area contributed by atoms with Gasteiger partial charge in [-0.2, -0.15) is 0 Å². The third-order valence-electron chi connectivity index (χ3n) is 3.39. The molecule has 2 unspecified atom stereocenters. The monoisotopic (exact) mass is 235 g/mol. The number of nitrogens with two attached hydrogens (primary N) is 1. The van der Waals surface area contributed by atoms with Crippen molar-refractivity contribution in [3.8, 4) is 5.75 Å². The lowest BCUT2D eigenvalue weighted by atomic mass is 9.93. The number of hydrogen-bond acceptors (Lipinski definition) is 3. The van der Waals surface area contributed by atoms with E-state index >= 15 is 0 Å². The first kappa shape index (κ1) is 11.9. The zero-order valence-electron chi connectivity index (χ0n) is 9.85. The van der Waals surface area contributed by atoms with Crippen molar-refractivity contribution < 1.29 is 14.6 Å². The van der Waals surface area contributed by atoms with Crippen molar-refractivity contribution in [3.05, 3.63) is 29.3 Å². The van der Waals surface area contributed by atoms with Crippen LogP contribution in [-0.2, 0) is 11.2 Å². The van der Waals surface area contributed by atoms with E-state index in [0.717, 1.165) is 12.2 Å². The lowest BCUT2D eigenvalue weighted by Crippen LogP contribution is -2.25. The summed E-state index contributed by atoms with van der Waals surface area (Å²) in [6, 6.07) is 5.94. The highest BCUT2D eigenvalue weighted by Crippen LogP contribution is 2.37. The average Bonchev–Trinajstić information content (AvgIpc) is 2.60. The minimum Gasteiger partial charge on any atom is -0.497 e. The van der Waals surface area contributed by atoms with E-state index in [9.17, 15) is 4.79 Å². The Morgan fingerprint density at radius 3 is 3.00 bits per heavy atom. The predicted molar refractivity (Wildman–Crippen MR) is 64.3 cm³/mol. The molecule has 0 aromatic heterocycles. The van der Waals surface area contributed by atoms with Crippen LogP contribution in [-0.4, -0.2) is 24.2 Å². The van der Waals surface area contributed by atoms with Gasteiger partial charge in [0.05, 0.1) is 7.11 Å². The molecule has 17 heavy (non-hydrogen) atoms. The molecule has 0 saturated heterocycles. The van der Waals surface area contributed by atoms with Crippen LogP contribution in [0.2, 0.25) is 0 Å². The highest BCUT2D eigenvalue weighted by molar-refractivity contribution is 5.66. The lowest BCUT2D eigenvalue weighted by Gasteiger charge is -2.15. The molecule has 92 valence electrons. The predicted octanol–water partition coefficient (Wildman–Crippen LogP) is 1.53. The number of carbonyl (C=O) groups is 1. The molecule has 0 aliphatic heterocycles. The molecular formula is C13H17NO3. The maximum absolute atomic E-state index is 10.6. The van der Waals surface area contributed by atoms with Crippen molar-refractivity contribution in [3.63, 3.8) is 0 Å². The van der Waals surface area contributed by atoms with Gasteiger partial charge in [-0.15, -0.1) is 0 Å². The summed E-state index contributed by atoms with van der Waals surface area (Å²) in [6.07, 6.45) is 1.58. The molecule has 2 atom stereocenters. The Morgan fingerprint density at radius 1 is 1.59 bits per heavy atom. The Morgan fingerprint density at radius 2 is 2.35 bits per heavy atom. The molecule has 0 saturated carbocycles. The molecule has 0 bridgehead atoms. The molecule has 1 aliphatic carbocycles. The maximum atomic E-state index is 10.6. The maximum Gasteiger partial charge on any atom is 0.303 e. The summed E-state index contributed by atoms with van der Waals surface area (Å²) in [7, 11) is 1.64. The molecule has 1 aromatic rings. The van der Waals surface area contributed by atoms with Crippen LogP contribution in [0, 0.1) is 0 Å². The number of carboxylic acids is 1. The van der Waals surface area contributed by atoms with Gasteiger partial charge in [-0.25, -0.2) is 0 Å². The number of aliphatic carboxylic acids is 1. The van der Waals surface area contributed by atoms with Crippen LogP contribution >= 0.6 is 0 Å². The van der Waals surface area contributed by atoms with Gasteiger partial charge in [0.2, 0.25) is 0 Å². The van der Waals surface area contributed by atoms with Crippen LogP contribution in [0.4, 0.5) is 0 Å². The zero-order valence-corrected chi connectivity index (χ0v) is 9.85. The molecule has 4 heteroatoms. The SMILES string of the molecule is COc1ccc2c(c1)CC(N)C2CCC(=O)O. The molecule has 4 nitrogen and oxygen atoms in total. The van der Waals surface area contributed by atoms with Crippen molar-refractivity contribution in [2.24, 2.45) is 5.73 Å². The van der Waals surface area contributed by atoms with E-state index in [-0.39, 0.29) is 18.4 Å². The normalized spacial score (nSPS) is 22.2. The largest absolute Gasteiger partial charge is 0.497 e. The highest BCUT2D eigenvalue weighted by Gasteiger charge is 2.30. The molecule has 0 fully saturated rings. The number of ether oxygens (including phenoxy) is 1. The van der Waals surface area contributed by atoms with Crippen molar-refractivity contribution in [1.29, 1.82) is 0 Å². The fourth-order valence-electron chi connectivity index (χ4n) is 2.52. The van der Waals surface area contributed by atoms with E-state index in [1.165, 1.54) is 11.1 Å². The number of fused-ring (bicyclic) bond motifs is 1. The second-order valence-electron chi connectivity index (χ2n) is 4.47. The van der Waals surface area contributed by atoms with Gasteiger partial charge in [-0.3, -0.25) is 4.79 Å². The molecule has 3 N–H and O–H groups in total. The van der Waals surface area contributed by atoms with Gasteiger partial charge in [-0.05, 0) is 36.1 Å². The molecular weight excluding hydrogens is 218 g/mol. The van der Waals surface area contributed by atoms with E-state index in [4.69, 9.17) is 15.6 Å². The van der Waals surface area contributed by atoms with Gasteiger partial charge in [-0.1, -0.05) is 6.07 Å². The Kier molecular flexibility index (Phi) is 3.33. The molecule has 0 amide bonds. The first-order chi connectivity index (χ1) is 8.11. The van der Waals surface area contributed by atoms with E-state index in [2.05, 4.69) is 0 Å². The van der Waals surface area contributed by atoms with Gasteiger partial charge >= 0.3 is 5.97 Å². The number of benzene rings is 1. The Hall–Kier alpha value is -1.55. The quantitative estimate of drug-likeness (QED) is 0.830. The van der Waals surface area contributed by atoms with Crippen molar-refractivity contribution >= 4 is 5.97 Å². The van der Waals surface area contributed by atoms with Crippen LogP contribution in [0.15, 0.2) is 18.2 Å². The van der Waals surface area contributed by atoms with Gasteiger partial charge in [0.15, 0.2) is 0 Å². The summed E-state index contributed by atoms with van der Waals surface area (Å²) in [6.45, 7) is 0. The smallest absolute Gasteiger partial charge is 0.303 e. The summed E-state index contributed by atoms with van der Waals surface area (Å²) >= 11 is 0. The molecule has 0 radical (unpaired) electrons. The van der Waals surface area contributed by atoms with Crippen LogP contribution in [0.5, 0.6) is 5.75 Å². The van der Waals surface area contributed by atoms with Crippen molar-refractivity contribution in [1.82, 2.24) is 0 Å². The Balaban J connectivity index is 2.19. The summed E-state index contributed by atoms with van der Waals surface area (Å²) in [5.74, 6) is 0.223. The van der Waals surface area contributed by atoms with E-state index in [1.807, 2.05) is 18.2 Å². The highest BCUT2D eigenvalue weighted by atomic mass is 16.5. The standard InChI is InChI=1S/C13H17NO3/c1-17-9-2-3-10-8(6-9)7-12(14)11(10)4-5-13(15)16/h2-3,6,11-12H,4-5,7,14H2,1H3,(H,15,16). The Bertz CT molecular complexity index is 431. The topological polar surface area (TPSA) is 72.5 Å². The molecule has 2 rings (SSSR count). The lowest BCUT2D eigenvalue weighted by molar-refractivity contribution is -0.137. The first-order valence-electron chi connectivity index (χ1n) is 5.76. The summed E-state index contributed by atoms with van der Waals surface area (Å²) in [5.41, 5.74) is 8.44. The van der Waals surface area contributed by atoms with E-state index < -0.39 is 5.97 Å². The second kappa shape index (κ2) is 4.75. The third kappa shape index (κ3) is 2.42. The fourth-order valence-corrected chi connectivity index (χ4v) is 2.52. The Labute approximate surface area is 100 Å². The number of rotatable bonds is 4. The van der Waals surface area contributed by atoms with Gasteiger partial charge in [0.25, 0.3) is 0 Å². The fraction of sp³-hybridized carbons (Fsp3) is 0.462. The van der Waals surface area contributed by atoms with Crippen molar-refractivity contribution in [2.75, 3.05) is 7.11 Å². The molecule has 0 spiro atoms. The van der Waals surface area contributed by atoms with Gasteiger partial charge in [0.1, 0.15) is 5.75 Å². The second-order valence-corrected chi connectivity index (χ2v) is 4.47. The van der Waals surface area contributed by atoms with Crippen LogP contribution in [0.1, 0.15) is 29.9 Å². The summed E-state index contributed by atoms with van der Waals surface area (Å²) in [4.78, 5) is 10.6. The van der Waals surface area contributed by atoms with Gasteiger partial charge in [0, 0.05) is 18.4 Å². The number of hydrogen-bond donors (Lipinski definition) is 2. The number of carboxylic acid groups (broad SMARTS) is 1. The van der Waals surface area contributed by atoms with Crippen LogP contribution in [0.3, 0.4) is 0 Å². The van der Waals surface area contributed by atoms with E-state index in [1.54, 1.807) is 7.11 Å². The number of methoxy groups -OCH3 is 1. The average molecular weight is 235 g/mol. The minimum absolute atomic E-state index is 0.0245. The van der Waals surface area contributed by atoms with Crippen molar-refractivity contribution in [2.45, 2.75) is 31.2 Å². The molecule has 0 heterocycles. The first-order valence-corrected chi connectivity index (χ1v) is 5.76. The minimum atomic E-state index is -0.765. The molecule has 1 aromatic carbocycles. The zero-order chi connectivity index (χ0) is 12.4. The van der Waals surface area contributed by atoms with Gasteiger partial charge < -0.3 is 15.6 Å². The summed E-state index contributed by atoms with van der Waals surface area (Å²) in [5, 5.41) is 8.73.